The Hall–Kier alpha value is -1.60. The molecule has 0 aromatic carbocycles. The number of rotatable bonds is 7. The Labute approximate surface area is 101 Å². The van der Waals surface area contributed by atoms with E-state index in [-0.39, 0.29) is 11.8 Å². The summed E-state index contributed by atoms with van der Waals surface area (Å²) < 4.78 is 53.5. The molecule has 1 aromatic rings. The summed E-state index contributed by atoms with van der Waals surface area (Å²) in [4.78, 5) is 7.57. The molecule has 0 saturated carbocycles. The molecule has 102 valence electrons. The van der Waals surface area contributed by atoms with Crippen molar-refractivity contribution in [2.45, 2.75) is 25.7 Å². The summed E-state index contributed by atoms with van der Waals surface area (Å²) in [6.45, 7) is 1.11. The average Bonchev–Trinajstić information content (AvgIpc) is 2.34. The zero-order valence-corrected chi connectivity index (χ0v) is 9.67. The van der Waals surface area contributed by atoms with E-state index in [1.54, 1.807) is 0 Å². The van der Waals surface area contributed by atoms with Crippen LogP contribution in [0.2, 0.25) is 0 Å². The lowest BCUT2D eigenvalue weighted by Gasteiger charge is -2.15. The molecule has 0 radical (unpaired) electrons. The predicted molar refractivity (Wildman–Crippen MR) is 57.3 cm³/mol. The summed E-state index contributed by atoms with van der Waals surface area (Å²) in [6, 6.07) is 1.22. The highest BCUT2D eigenvalue weighted by Gasteiger charge is 2.41. The summed E-state index contributed by atoms with van der Waals surface area (Å²) in [5.74, 6) is -4.17. The number of alkyl halides is 4. The van der Waals surface area contributed by atoms with Crippen LogP contribution >= 0.6 is 0 Å². The van der Waals surface area contributed by atoms with Gasteiger partial charge in [-0.25, -0.2) is 13.8 Å². The van der Waals surface area contributed by atoms with E-state index in [2.05, 4.69) is 20.0 Å². The lowest BCUT2D eigenvalue weighted by Crippen LogP contribution is -2.33. The first kappa shape index (κ1) is 14.5. The Balaban J connectivity index is 2.57. The standard InChI is InChI=1S/C10H13F4N3O/c1-2-4-15-9-16-5-3-7(17-9)18-6-10(13,14)8(11)12/h3,5,8H,2,4,6H2,1H3,(H,15,16,17). The SMILES string of the molecule is CCCNc1nccc(OCC(F)(F)C(F)F)n1. The van der Waals surface area contributed by atoms with E-state index >= 15 is 0 Å². The summed E-state index contributed by atoms with van der Waals surface area (Å²) in [6.07, 6.45) is -1.64. The van der Waals surface area contributed by atoms with Gasteiger partial charge in [0.1, 0.15) is 0 Å². The number of nitrogens with one attached hydrogen (secondary N) is 1. The Bertz CT molecular complexity index is 376. The Kier molecular flexibility index (Phi) is 5.11. The second-order valence-electron chi connectivity index (χ2n) is 3.50. The first-order valence-electron chi connectivity index (χ1n) is 5.31. The summed E-state index contributed by atoms with van der Waals surface area (Å²) >= 11 is 0. The fourth-order valence-electron chi connectivity index (χ4n) is 0.978. The van der Waals surface area contributed by atoms with E-state index in [0.29, 0.717) is 6.54 Å². The molecule has 0 saturated heterocycles. The van der Waals surface area contributed by atoms with Crippen LogP contribution in [0.4, 0.5) is 23.5 Å². The van der Waals surface area contributed by atoms with E-state index in [0.717, 1.165) is 6.42 Å². The van der Waals surface area contributed by atoms with E-state index in [4.69, 9.17) is 0 Å². The van der Waals surface area contributed by atoms with Gasteiger partial charge in [0.25, 0.3) is 0 Å². The van der Waals surface area contributed by atoms with Crippen LogP contribution < -0.4 is 10.1 Å². The van der Waals surface area contributed by atoms with E-state index in [9.17, 15) is 17.6 Å². The van der Waals surface area contributed by atoms with Crippen LogP contribution in [0.5, 0.6) is 5.88 Å². The molecule has 18 heavy (non-hydrogen) atoms. The van der Waals surface area contributed by atoms with Crippen LogP contribution in [0, 0.1) is 0 Å². The van der Waals surface area contributed by atoms with Gasteiger partial charge in [-0.2, -0.15) is 13.8 Å². The van der Waals surface area contributed by atoms with Crippen LogP contribution in [0.25, 0.3) is 0 Å². The summed E-state index contributed by atoms with van der Waals surface area (Å²) in [5, 5.41) is 2.82. The van der Waals surface area contributed by atoms with Crippen LogP contribution in [0.3, 0.4) is 0 Å². The van der Waals surface area contributed by atoms with Gasteiger partial charge in [-0.1, -0.05) is 6.92 Å². The maximum absolute atomic E-state index is 12.6. The predicted octanol–water partition coefficient (Wildman–Crippen LogP) is 2.58. The van der Waals surface area contributed by atoms with Gasteiger partial charge < -0.3 is 10.1 Å². The molecule has 8 heteroatoms. The number of hydrogen-bond donors (Lipinski definition) is 1. The van der Waals surface area contributed by atoms with Crippen LogP contribution in [-0.4, -0.2) is 35.5 Å². The zero-order valence-electron chi connectivity index (χ0n) is 9.67. The molecule has 4 nitrogen and oxygen atoms in total. The molecule has 0 amide bonds. The van der Waals surface area contributed by atoms with E-state index < -0.39 is 19.0 Å². The molecule has 1 N–H and O–H groups in total. The van der Waals surface area contributed by atoms with Gasteiger partial charge in [-0.3, -0.25) is 0 Å². The molecule has 0 unspecified atom stereocenters. The fraction of sp³-hybridized carbons (Fsp3) is 0.600. The second-order valence-corrected chi connectivity index (χ2v) is 3.50. The monoisotopic (exact) mass is 267 g/mol. The highest BCUT2D eigenvalue weighted by molar-refractivity contribution is 5.27. The highest BCUT2D eigenvalue weighted by atomic mass is 19.3. The van der Waals surface area contributed by atoms with Crippen molar-refractivity contribution in [3.63, 3.8) is 0 Å². The molecule has 0 aliphatic heterocycles. The zero-order chi connectivity index (χ0) is 13.6. The second kappa shape index (κ2) is 6.36. The molecule has 0 aliphatic rings. The number of ether oxygens (including phenoxy) is 1. The first-order valence-corrected chi connectivity index (χ1v) is 5.31. The number of aromatic nitrogens is 2. The maximum atomic E-state index is 12.6. The van der Waals surface area contributed by atoms with Crippen LogP contribution in [-0.2, 0) is 0 Å². The average molecular weight is 267 g/mol. The van der Waals surface area contributed by atoms with Crippen molar-refractivity contribution in [3.05, 3.63) is 12.3 Å². The number of anilines is 1. The van der Waals surface area contributed by atoms with Crippen molar-refractivity contribution in [1.82, 2.24) is 9.97 Å². The van der Waals surface area contributed by atoms with Crippen LogP contribution in [0.1, 0.15) is 13.3 Å². The molecular weight excluding hydrogens is 254 g/mol. The van der Waals surface area contributed by atoms with Gasteiger partial charge in [0.05, 0.1) is 0 Å². The summed E-state index contributed by atoms with van der Waals surface area (Å²) in [5.41, 5.74) is 0. The Morgan fingerprint density at radius 3 is 2.78 bits per heavy atom. The Morgan fingerprint density at radius 1 is 1.44 bits per heavy atom. The minimum Gasteiger partial charge on any atom is -0.471 e. The molecule has 0 aliphatic carbocycles. The molecule has 1 aromatic heterocycles. The largest absolute Gasteiger partial charge is 0.471 e. The maximum Gasteiger partial charge on any atom is 0.340 e. The molecule has 1 rings (SSSR count). The Morgan fingerprint density at radius 2 is 2.17 bits per heavy atom. The number of nitrogens with zero attached hydrogens (tertiary/aromatic N) is 2. The molecule has 0 atom stereocenters. The van der Waals surface area contributed by atoms with E-state index in [1.807, 2.05) is 6.92 Å². The van der Waals surface area contributed by atoms with Crippen molar-refractivity contribution < 1.29 is 22.3 Å². The van der Waals surface area contributed by atoms with Gasteiger partial charge in [0.2, 0.25) is 11.8 Å². The van der Waals surface area contributed by atoms with Crippen molar-refractivity contribution in [2.24, 2.45) is 0 Å². The number of hydrogen-bond acceptors (Lipinski definition) is 4. The summed E-state index contributed by atoms with van der Waals surface area (Å²) in [7, 11) is 0. The van der Waals surface area contributed by atoms with Crippen LogP contribution in [0.15, 0.2) is 12.3 Å². The third kappa shape index (κ3) is 4.34. The fourth-order valence-corrected chi connectivity index (χ4v) is 0.978. The molecule has 0 spiro atoms. The number of halogens is 4. The minimum atomic E-state index is -4.19. The van der Waals surface area contributed by atoms with Crippen molar-refractivity contribution in [1.29, 1.82) is 0 Å². The van der Waals surface area contributed by atoms with E-state index in [1.165, 1.54) is 12.3 Å². The molecule has 0 fully saturated rings. The quantitative estimate of drug-likeness (QED) is 0.771. The third-order valence-electron chi connectivity index (χ3n) is 1.89. The molecule has 1 heterocycles. The molecular formula is C10H13F4N3O. The smallest absolute Gasteiger partial charge is 0.340 e. The highest BCUT2D eigenvalue weighted by Crippen LogP contribution is 2.23. The van der Waals surface area contributed by atoms with Gasteiger partial charge in [-0.05, 0) is 6.42 Å². The minimum absolute atomic E-state index is 0.177. The first-order chi connectivity index (χ1) is 8.45. The lowest BCUT2D eigenvalue weighted by atomic mass is 10.4. The van der Waals surface area contributed by atoms with Crippen molar-refractivity contribution in [2.75, 3.05) is 18.5 Å². The van der Waals surface area contributed by atoms with Gasteiger partial charge in [0, 0.05) is 18.8 Å². The third-order valence-corrected chi connectivity index (χ3v) is 1.89. The van der Waals surface area contributed by atoms with Crippen molar-refractivity contribution in [3.8, 4) is 5.88 Å². The lowest BCUT2D eigenvalue weighted by molar-refractivity contribution is -0.148. The van der Waals surface area contributed by atoms with Gasteiger partial charge in [0.15, 0.2) is 6.61 Å². The molecule has 0 bridgehead atoms. The van der Waals surface area contributed by atoms with Gasteiger partial charge >= 0.3 is 12.3 Å². The topological polar surface area (TPSA) is 47.0 Å². The van der Waals surface area contributed by atoms with Gasteiger partial charge in [-0.15, -0.1) is 0 Å². The normalized spacial score (nSPS) is 11.7. The van der Waals surface area contributed by atoms with Crippen molar-refractivity contribution >= 4 is 5.95 Å².